The summed E-state index contributed by atoms with van der Waals surface area (Å²) in [5.74, 6) is -0.861. The van der Waals surface area contributed by atoms with E-state index in [1.54, 1.807) is 12.0 Å². The van der Waals surface area contributed by atoms with Gasteiger partial charge in [-0.25, -0.2) is 0 Å². The van der Waals surface area contributed by atoms with Crippen molar-refractivity contribution >= 4 is 11.9 Å². The van der Waals surface area contributed by atoms with Crippen LogP contribution in [0.1, 0.15) is 26.2 Å². The van der Waals surface area contributed by atoms with E-state index in [4.69, 9.17) is 14.6 Å². The summed E-state index contributed by atoms with van der Waals surface area (Å²) in [6.07, 6.45) is 0.716. The predicted molar refractivity (Wildman–Crippen MR) is 64.3 cm³/mol. The van der Waals surface area contributed by atoms with E-state index in [2.05, 4.69) is 0 Å². The molecule has 104 valence electrons. The van der Waals surface area contributed by atoms with Gasteiger partial charge in [0.15, 0.2) is 0 Å². The smallest absolute Gasteiger partial charge is 0.306 e. The molecule has 0 radical (unpaired) electrons. The van der Waals surface area contributed by atoms with Crippen molar-refractivity contribution in [2.24, 2.45) is 0 Å². The fourth-order valence-electron chi connectivity index (χ4n) is 1.87. The van der Waals surface area contributed by atoms with E-state index in [9.17, 15) is 9.59 Å². The number of nitrogens with zero attached hydrogens (tertiary/aromatic N) is 1. The maximum atomic E-state index is 11.9. The summed E-state index contributed by atoms with van der Waals surface area (Å²) in [6, 6.07) is 0. The maximum Gasteiger partial charge on any atom is 0.306 e. The molecule has 1 saturated heterocycles. The minimum Gasteiger partial charge on any atom is -0.481 e. The Bertz CT molecular complexity index is 294. The van der Waals surface area contributed by atoms with Crippen molar-refractivity contribution < 1.29 is 24.2 Å². The summed E-state index contributed by atoms with van der Waals surface area (Å²) < 4.78 is 10.4. The SMILES string of the molecule is COC(C)CCC(=O)N1CCOC(CC(=O)O)C1. The number of rotatable bonds is 6. The molecule has 1 fully saturated rings. The summed E-state index contributed by atoms with van der Waals surface area (Å²) in [5, 5.41) is 8.70. The first-order valence-corrected chi connectivity index (χ1v) is 6.17. The van der Waals surface area contributed by atoms with Crippen molar-refractivity contribution in [1.82, 2.24) is 4.90 Å². The number of aliphatic carboxylic acids is 1. The lowest BCUT2D eigenvalue weighted by Crippen LogP contribution is -2.46. The van der Waals surface area contributed by atoms with Crippen LogP contribution in [0, 0.1) is 0 Å². The van der Waals surface area contributed by atoms with Crippen LogP contribution < -0.4 is 0 Å². The lowest BCUT2D eigenvalue weighted by atomic mass is 10.1. The van der Waals surface area contributed by atoms with Crippen LogP contribution in [0.5, 0.6) is 0 Å². The van der Waals surface area contributed by atoms with Crippen molar-refractivity contribution in [3.8, 4) is 0 Å². The minimum absolute atomic E-state index is 0.0394. The molecule has 2 atom stereocenters. The van der Waals surface area contributed by atoms with Crippen LogP contribution in [-0.4, -0.2) is 60.9 Å². The highest BCUT2D eigenvalue weighted by Gasteiger charge is 2.25. The normalized spacial score (nSPS) is 21.7. The number of morpholine rings is 1. The van der Waals surface area contributed by atoms with Gasteiger partial charge in [-0.3, -0.25) is 9.59 Å². The second-order valence-corrected chi connectivity index (χ2v) is 4.52. The number of hydrogen-bond donors (Lipinski definition) is 1. The molecule has 1 heterocycles. The van der Waals surface area contributed by atoms with Gasteiger partial charge >= 0.3 is 5.97 Å². The Morgan fingerprint density at radius 1 is 1.56 bits per heavy atom. The van der Waals surface area contributed by atoms with Crippen molar-refractivity contribution in [1.29, 1.82) is 0 Å². The van der Waals surface area contributed by atoms with Crippen molar-refractivity contribution in [3.05, 3.63) is 0 Å². The van der Waals surface area contributed by atoms with Crippen LogP contribution in [-0.2, 0) is 19.1 Å². The number of carboxylic acids is 1. The highest BCUT2D eigenvalue weighted by molar-refractivity contribution is 5.76. The first kappa shape index (κ1) is 14.9. The second-order valence-electron chi connectivity index (χ2n) is 4.52. The zero-order valence-electron chi connectivity index (χ0n) is 10.9. The molecule has 1 N–H and O–H groups in total. The van der Waals surface area contributed by atoms with Crippen LogP contribution in [0.4, 0.5) is 0 Å². The van der Waals surface area contributed by atoms with Crippen molar-refractivity contribution in [2.75, 3.05) is 26.8 Å². The molecule has 0 aliphatic carbocycles. The molecule has 0 bridgehead atoms. The number of hydrogen-bond acceptors (Lipinski definition) is 4. The van der Waals surface area contributed by atoms with Gasteiger partial charge in [0.2, 0.25) is 5.91 Å². The molecule has 1 aliphatic rings. The third-order valence-corrected chi connectivity index (χ3v) is 3.06. The molecule has 0 saturated carbocycles. The van der Waals surface area contributed by atoms with Gasteiger partial charge in [-0.1, -0.05) is 0 Å². The molecular weight excluding hydrogens is 238 g/mol. The molecule has 0 aromatic heterocycles. The van der Waals surface area contributed by atoms with Gasteiger partial charge in [0.1, 0.15) is 0 Å². The lowest BCUT2D eigenvalue weighted by molar-refractivity contribution is -0.147. The summed E-state index contributed by atoms with van der Waals surface area (Å²) >= 11 is 0. The monoisotopic (exact) mass is 259 g/mol. The number of carbonyl (C=O) groups is 2. The van der Waals surface area contributed by atoms with Crippen molar-refractivity contribution in [3.63, 3.8) is 0 Å². The Labute approximate surface area is 107 Å². The van der Waals surface area contributed by atoms with Gasteiger partial charge in [-0.2, -0.15) is 0 Å². The van der Waals surface area contributed by atoms with Crippen LogP contribution in [0.3, 0.4) is 0 Å². The Morgan fingerprint density at radius 3 is 2.89 bits per heavy atom. The van der Waals surface area contributed by atoms with Gasteiger partial charge < -0.3 is 19.5 Å². The number of carbonyl (C=O) groups excluding carboxylic acids is 1. The molecule has 6 nitrogen and oxygen atoms in total. The zero-order chi connectivity index (χ0) is 13.5. The molecule has 1 amide bonds. The molecule has 2 unspecified atom stereocenters. The quantitative estimate of drug-likeness (QED) is 0.752. The molecular formula is C12H21NO5. The van der Waals surface area contributed by atoms with E-state index in [1.165, 1.54) is 0 Å². The van der Waals surface area contributed by atoms with E-state index >= 15 is 0 Å². The molecule has 18 heavy (non-hydrogen) atoms. The van der Waals surface area contributed by atoms with Gasteiger partial charge in [-0.15, -0.1) is 0 Å². The van der Waals surface area contributed by atoms with E-state index in [-0.39, 0.29) is 24.5 Å². The second kappa shape index (κ2) is 7.33. The Balaban J connectivity index is 2.36. The largest absolute Gasteiger partial charge is 0.481 e. The van der Waals surface area contributed by atoms with Crippen LogP contribution in [0.15, 0.2) is 0 Å². The summed E-state index contributed by atoms with van der Waals surface area (Å²) in [6.45, 7) is 3.23. The molecule has 0 spiro atoms. The molecule has 1 aliphatic heterocycles. The number of amides is 1. The molecule has 6 heteroatoms. The fourth-order valence-corrected chi connectivity index (χ4v) is 1.87. The predicted octanol–water partition coefficient (Wildman–Crippen LogP) is 0.504. The third kappa shape index (κ3) is 5.01. The number of carboxylic acid groups (broad SMARTS) is 1. The van der Waals surface area contributed by atoms with Gasteiger partial charge in [-0.05, 0) is 13.3 Å². The van der Waals surface area contributed by atoms with E-state index < -0.39 is 5.97 Å². The van der Waals surface area contributed by atoms with Crippen LogP contribution >= 0.6 is 0 Å². The molecule has 0 aromatic carbocycles. The topological polar surface area (TPSA) is 76.1 Å². The van der Waals surface area contributed by atoms with Gasteiger partial charge in [0.25, 0.3) is 0 Å². The Kier molecular flexibility index (Phi) is 6.07. The van der Waals surface area contributed by atoms with Crippen LogP contribution in [0.25, 0.3) is 0 Å². The van der Waals surface area contributed by atoms with Crippen molar-refractivity contribution in [2.45, 2.75) is 38.4 Å². The fraction of sp³-hybridized carbons (Fsp3) is 0.833. The van der Waals surface area contributed by atoms with E-state index in [1.807, 2.05) is 6.92 Å². The average molecular weight is 259 g/mol. The lowest BCUT2D eigenvalue weighted by Gasteiger charge is -2.32. The number of methoxy groups -OCH3 is 1. The van der Waals surface area contributed by atoms with E-state index in [0.717, 1.165) is 0 Å². The third-order valence-electron chi connectivity index (χ3n) is 3.06. The van der Waals surface area contributed by atoms with Gasteiger partial charge in [0.05, 0.1) is 25.2 Å². The highest BCUT2D eigenvalue weighted by Crippen LogP contribution is 2.11. The average Bonchev–Trinajstić information content (AvgIpc) is 2.35. The Morgan fingerprint density at radius 2 is 2.28 bits per heavy atom. The maximum absolute atomic E-state index is 11.9. The minimum atomic E-state index is -0.901. The first-order valence-electron chi connectivity index (χ1n) is 6.17. The first-order chi connectivity index (χ1) is 8.52. The van der Waals surface area contributed by atoms with E-state index in [0.29, 0.717) is 32.5 Å². The standard InChI is InChI=1S/C12H21NO5/c1-9(17-2)3-4-11(14)13-5-6-18-10(8-13)7-12(15)16/h9-10H,3-8H2,1-2H3,(H,15,16). The highest BCUT2D eigenvalue weighted by atomic mass is 16.5. The number of ether oxygens (including phenoxy) is 2. The summed E-state index contributed by atoms with van der Waals surface area (Å²) in [5.41, 5.74) is 0. The Hall–Kier alpha value is -1.14. The van der Waals surface area contributed by atoms with Gasteiger partial charge in [0, 0.05) is 26.6 Å². The molecule has 0 aromatic rings. The zero-order valence-corrected chi connectivity index (χ0v) is 10.9. The molecule has 1 rings (SSSR count). The van der Waals surface area contributed by atoms with Crippen LogP contribution in [0.2, 0.25) is 0 Å². The summed E-state index contributed by atoms with van der Waals surface area (Å²) in [4.78, 5) is 24.2. The summed E-state index contributed by atoms with van der Waals surface area (Å²) in [7, 11) is 1.62.